The van der Waals surface area contributed by atoms with E-state index in [-0.39, 0.29) is 19.3 Å². The Morgan fingerprint density at radius 2 is 1.81 bits per heavy atom. The molecule has 0 aliphatic heterocycles. The normalized spacial score (nSPS) is 14.8. The summed E-state index contributed by atoms with van der Waals surface area (Å²) in [7, 11) is 1.21. The average Bonchev–Trinajstić information content (AvgIpc) is 2.41. The first-order valence-electron chi connectivity index (χ1n) is 6.17. The van der Waals surface area contributed by atoms with Crippen molar-refractivity contribution in [3.63, 3.8) is 0 Å². The Hall–Kier alpha value is -1.61. The van der Waals surface area contributed by atoms with Crippen molar-refractivity contribution in [2.24, 2.45) is 0 Å². The van der Waals surface area contributed by atoms with Crippen molar-refractivity contribution >= 4 is 34.7 Å². The molecule has 0 radical (unpaired) electrons. The maximum Gasteiger partial charge on any atom is 0.330 e. The van der Waals surface area contributed by atoms with Crippen LogP contribution in [0.15, 0.2) is 0 Å². The fourth-order valence-corrected chi connectivity index (χ4v) is 2.40. The largest absolute Gasteiger partial charge is 0.481 e. The average molecular weight is 321 g/mol. The van der Waals surface area contributed by atoms with Gasteiger partial charge in [0.2, 0.25) is 5.91 Å². The maximum atomic E-state index is 11.7. The Morgan fingerprint density at radius 1 is 1.24 bits per heavy atom. The Balaban J connectivity index is 5.00. The summed E-state index contributed by atoms with van der Waals surface area (Å²) in [5, 5.41) is 19.5. The minimum Gasteiger partial charge on any atom is -0.481 e. The fourth-order valence-electron chi connectivity index (χ4n) is 1.38. The van der Waals surface area contributed by atoms with E-state index in [4.69, 9.17) is 9.84 Å². The number of thioether (sulfide) groups is 1. The summed E-state index contributed by atoms with van der Waals surface area (Å²) in [6.07, 6.45) is -0.529. The molecule has 0 saturated heterocycles. The summed E-state index contributed by atoms with van der Waals surface area (Å²) in [4.78, 5) is 43.3. The first-order valence-corrected chi connectivity index (χ1v) is 6.98. The zero-order valence-electron chi connectivity index (χ0n) is 12.0. The van der Waals surface area contributed by atoms with E-state index >= 15 is 0 Å². The molecule has 21 heavy (non-hydrogen) atoms. The van der Waals surface area contributed by atoms with Crippen molar-refractivity contribution in [3.05, 3.63) is 0 Å². The Labute approximate surface area is 126 Å². The lowest BCUT2D eigenvalue weighted by molar-refractivity contribution is -0.146. The van der Waals surface area contributed by atoms with Crippen LogP contribution in [0, 0.1) is 0 Å². The van der Waals surface area contributed by atoms with Crippen LogP contribution in [-0.4, -0.2) is 51.3 Å². The number of hydrogen-bond donors (Lipinski definition) is 3. The van der Waals surface area contributed by atoms with Crippen LogP contribution in [0.5, 0.6) is 0 Å². The highest BCUT2D eigenvalue weighted by Gasteiger charge is 2.43. The monoisotopic (exact) mass is 321 g/mol. The number of carboxylic acids is 2. The molecule has 0 aromatic rings. The van der Waals surface area contributed by atoms with E-state index in [1.54, 1.807) is 6.92 Å². The number of hydrogen-bond acceptors (Lipinski definition) is 6. The second-order valence-electron chi connectivity index (χ2n) is 4.28. The van der Waals surface area contributed by atoms with Crippen LogP contribution in [0.4, 0.5) is 0 Å². The van der Waals surface area contributed by atoms with Crippen molar-refractivity contribution < 1.29 is 34.1 Å². The zero-order valence-corrected chi connectivity index (χ0v) is 12.9. The molecule has 3 N–H and O–H groups in total. The van der Waals surface area contributed by atoms with Gasteiger partial charge in [0.1, 0.15) is 4.93 Å². The van der Waals surface area contributed by atoms with E-state index in [0.717, 1.165) is 0 Å². The lowest BCUT2D eigenvalue weighted by Gasteiger charge is -2.32. The Bertz CT molecular complexity index is 426. The predicted octanol–water partition coefficient (Wildman–Crippen LogP) is 0.453. The minimum atomic E-state index is -1.54. The molecule has 120 valence electrons. The summed E-state index contributed by atoms with van der Waals surface area (Å²) >= 11 is 0.558. The van der Waals surface area contributed by atoms with Gasteiger partial charge in [-0.2, -0.15) is 0 Å². The van der Waals surface area contributed by atoms with Crippen LogP contribution in [0.1, 0.15) is 33.1 Å². The number of carbonyl (C=O) groups is 4. The van der Waals surface area contributed by atoms with Crippen LogP contribution in [-0.2, 0) is 23.9 Å². The SMILES string of the molecule is CCC(=O)N[C@H](C(=O)O)C(C)(OC)SC(=O)CCC(=O)O. The molecule has 0 aromatic heterocycles. The summed E-state index contributed by atoms with van der Waals surface area (Å²) < 4.78 is 5.08. The molecule has 8 nitrogen and oxygen atoms in total. The summed E-state index contributed by atoms with van der Waals surface area (Å²) in [5.74, 6) is -2.97. The van der Waals surface area contributed by atoms with Crippen LogP contribution in [0.3, 0.4) is 0 Å². The van der Waals surface area contributed by atoms with E-state index in [0.29, 0.717) is 11.8 Å². The van der Waals surface area contributed by atoms with E-state index in [1.165, 1.54) is 14.0 Å². The number of ether oxygens (including phenoxy) is 1. The van der Waals surface area contributed by atoms with Crippen molar-refractivity contribution in [1.29, 1.82) is 0 Å². The van der Waals surface area contributed by atoms with Gasteiger partial charge in [0, 0.05) is 20.0 Å². The first kappa shape index (κ1) is 19.4. The van der Waals surface area contributed by atoms with Gasteiger partial charge < -0.3 is 20.3 Å². The van der Waals surface area contributed by atoms with Gasteiger partial charge in [-0.1, -0.05) is 18.7 Å². The molecule has 0 aliphatic rings. The van der Waals surface area contributed by atoms with Gasteiger partial charge in [0.15, 0.2) is 11.2 Å². The lowest BCUT2D eigenvalue weighted by atomic mass is 10.1. The third-order valence-electron chi connectivity index (χ3n) is 2.66. The number of carboxylic acid groups (broad SMARTS) is 2. The van der Waals surface area contributed by atoms with Gasteiger partial charge in [-0.15, -0.1) is 0 Å². The van der Waals surface area contributed by atoms with Crippen molar-refractivity contribution in [3.8, 4) is 0 Å². The van der Waals surface area contributed by atoms with Gasteiger partial charge in [-0.3, -0.25) is 14.4 Å². The quantitative estimate of drug-likeness (QED) is 0.522. The zero-order chi connectivity index (χ0) is 16.6. The van der Waals surface area contributed by atoms with Crippen LogP contribution in [0.2, 0.25) is 0 Å². The van der Waals surface area contributed by atoms with Gasteiger partial charge in [-0.25, -0.2) is 4.79 Å². The van der Waals surface area contributed by atoms with Crippen molar-refractivity contribution in [2.45, 2.75) is 44.1 Å². The molecule has 0 aliphatic carbocycles. The maximum absolute atomic E-state index is 11.7. The number of amides is 1. The summed E-state index contributed by atoms with van der Waals surface area (Å²) in [6, 6.07) is -1.44. The second-order valence-corrected chi connectivity index (χ2v) is 5.75. The van der Waals surface area contributed by atoms with Crippen LogP contribution < -0.4 is 5.32 Å². The molecular formula is C12H19NO7S. The number of aliphatic carboxylic acids is 2. The Kier molecular flexibility index (Phi) is 7.97. The summed E-state index contributed by atoms with van der Waals surface area (Å²) in [5.41, 5.74) is 0. The highest BCUT2D eigenvalue weighted by molar-refractivity contribution is 8.14. The van der Waals surface area contributed by atoms with Crippen LogP contribution in [0.25, 0.3) is 0 Å². The molecule has 0 aromatic carbocycles. The number of methoxy groups -OCH3 is 1. The van der Waals surface area contributed by atoms with Crippen LogP contribution >= 0.6 is 11.8 Å². The fraction of sp³-hybridized carbons (Fsp3) is 0.667. The second kappa shape index (κ2) is 8.63. The highest BCUT2D eigenvalue weighted by Crippen LogP contribution is 2.32. The molecular weight excluding hydrogens is 302 g/mol. The third-order valence-corrected chi connectivity index (χ3v) is 3.90. The van der Waals surface area contributed by atoms with E-state index in [1.807, 2.05) is 0 Å². The number of nitrogens with one attached hydrogen (secondary N) is 1. The molecule has 2 atom stereocenters. The predicted molar refractivity (Wildman–Crippen MR) is 74.7 cm³/mol. The van der Waals surface area contributed by atoms with E-state index in [2.05, 4.69) is 5.32 Å². The Morgan fingerprint density at radius 3 is 2.19 bits per heavy atom. The first-order chi connectivity index (χ1) is 9.66. The molecule has 0 bridgehead atoms. The van der Waals surface area contributed by atoms with Gasteiger partial charge in [-0.05, 0) is 6.92 Å². The van der Waals surface area contributed by atoms with Gasteiger partial charge in [0.05, 0.1) is 6.42 Å². The highest BCUT2D eigenvalue weighted by atomic mass is 32.2. The molecule has 1 unspecified atom stereocenters. The lowest BCUT2D eigenvalue weighted by Crippen LogP contribution is -2.55. The third kappa shape index (κ3) is 6.58. The minimum absolute atomic E-state index is 0.0845. The molecule has 9 heteroatoms. The summed E-state index contributed by atoms with van der Waals surface area (Å²) in [6.45, 7) is 2.91. The molecule has 0 saturated carbocycles. The van der Waals surface area contributed by atoms with Gasteiger partial charge >= 0.3 is 11.9 Å². The van der Waals surface area contributed by atoms with E-state index < -0.39 is 33.9 Å². The molecule has 0 spiro atoms. The molecule has 0 heterocycles. The topological polar surface area (TPSA) is 130 Å². The molecule has 0 fully saturated rings. The van der Waals surface area contributed by atoms with Gasteiger partial charge in [0.25, 0.3) is 0 Å². The van der Waals surface area contributed by atoms with Crippen molar-refractivity contribution in [1.82, 2.24) is 5.32 Å². The number of rotatable bonds is 9. The smallest absolute Gasteiger partial charge is 0.330 e. The van der Waals surface area contributed by atoms with Crippen molar-refractivity contribution in [2.75, 3.05) is 7.11 Å². The number of carbonyl (C=O) groups excluding carboxylic acids is 2. The standard InChI is InChI=1S/C12H19NO7S/c1-4-7(14)13-10(11(18)19)12(2,20-3)21-9(17)6-5-8(15)16/h10H,4-6H2,1-3H3,(H,13,14)(H,15,16)(H,18,19)/t10-,12?/m1/s1. The molecule has 1 amide bonds. The van der Waals surface area contributed by atoms with E-state index in [9.17, 15) is 24.3 Å². The molecule has 0 rings (SSSR count).